The van der Waals surface area contributed by atoms with Crippen LogP contribution in [-0.4, -0.2) is 11.5 Å². The molecule has 0 aliphatic rings. The molecule has 0 aliphatic heterocycles. The third-order valence-corrected chi connectivity index (χ3v) is 3.96. The average Bonchev–Trinajstić information content (AvgIpc) is 2.79. The summed E-state index contributed by atoms with van der Waals surface area (Å²) < 4.78 is 12.9. The van der Waals surface area contributed by atoms with Crippen molar-refractivity contribution >= 4 is 28.9 Å². The van der Waals surface area contributed by atoms with Crippen molar-refractivity contribution in [1.29, 1.82) is 0 Å². The highest BCUT2D eigenvalue weighted by Crippen LogP contribution is 2.19. The molecule has 1 aromatic carbocycles. The van der Waals surface area contributed by atoms with Crippen LogP contribution in [0.2, 0.25) is 0 Å². The summed E-state index contributed by atoms with van der Waals surface area (Å²) in [5.74, 6) is 0.289. The third kappa shape index (κ3) is 3.98. The van der Waals surface area contributed by atoms with Crippen LogP contribution in [0.15, 0.2) is 46.0 Å². The van der Waals surface area contributed by atoms with Crippen molar-refractivity contribution in [3.05, 3.63) is 52.5 Å². The molecule has 0 radical (unpaired) electrons. The Hall–Kier alpha value is -1.13. The monoisotopic (exact) mass is 266 g/mol. The van der Waals surface area contributed by atoms with E-state index in [-0.39, 0.29) is 11.6 Å². The minimum atomic E-state index is -0.264. The van der Waals surface area contributed by atoms with Crippen LogP contribution >= 0.6 is 23.1 Å². The molecular formula is C13H11FOS2. The number of thioether (sulfide) groups is 1. The van der Waals surface area contributed by atoms with Gasteiger partial charge >= 0.3 is 0 Å². The second-order valence-corrected chi connectivity index (χ2v) is 5.42. The fourth-order valence-electron chi connectivity index (χ4n) is 1.39. The smallest absolute Gasteiger partial charge is 0.147 e. The standard InChI is InChI=1S/C13H11FOS2/c14-11-2-1-3-13(7-11)17-9-12(15)6-10-4-5-16-8-10/h1-5,7-8H,6,9H2. The lowest BCUT2D eigenvalue weighted by atomic mass is 10.2. The minimum absolute atomic E-state index is 0.165. The van der Waals surface area contributed by atoms with Crippen LogP contribution in [0, 0.1) is 5.82 Å². The highest BCUT2D eigenvalue weighted by molar-refractivity contribution is 8.00. The maximum absolute atomic E-state index is 12.9. The summed E-state index contributed by atoms with van der Waals surface area (Å²) in [7, 11) is 0. The van der Waals surface area contributed by atoms with Crippen molar-refractivity contribution in [3.63, 3.8) is 0 Å². The van der Waals surface area contributed by atoms with Crippen molar-refractivity contribution < 1.29 is 9.18 Å². The van der Waals surface area contributed by atoms with E-state index in [4.69, 9.17) is 0 Å². The first-order chi connectivity index (χ1) is 8.24. The third-order valence-electron chi connectivity index (χ3n) is 2.18. The summed E-state index contributed by atoms with van der Waals surface area (Å²) in [5, 5.41) is 3.94. The summed E-state index contributed by atoms with van der Waals surface area (Å²) in [5.41, 5.74) is 1.06. The number of halogens is 1. The molecule has 0 N–H and O–H groups in total. The summed E-state index contributed by atoms with van der Waals surface area (Å²) in [6.45, 7) is 0. The zero-order chi connectivity index (χ0) is 12.1. The van der Waals surface area contributed by atoms with Crippen molar-refractivity contribution in [2.45, 2.75) is 11.3 Å². The number of rotatable bonds is 5. The van der Waals surface area contributed by atoms with Gasteiger partial charge in [0.05, 0.1) is 5.75 Å². The molecule has 2 rings (SSSR count). The SMILES string of the molecule is O=C(CSc1cccc(F)c1)Cc1ccsc1. The number of benzene rings is 1. The molecule has 17 heavy (non-hydrogen) atoms. The van der Waals surface area contributed by atoms with Gasteiger partial charge in [0, 0.05) is 11.3 Å². The topological polar surface area (TPSA) is 17.1 Å². The van der Waals surface area contributed by atoms with Gasteiger partial charge in [-0.3, -0.25) is 4.79 Å². The van der Waals surface area contributed by atoms with E-state index in [1.54, 1.807) is 17.4 Å². The van der Waals surface area contributed by atoms with E-state index in [1.807, 2.05) is 22.9 Å². The van der Waals surface area contributed by atoms with E-state index in [1.165, 1.54) is 23.9 Å². The van der Waals surface area contributed by atoms with Gasteiger partial charge in [-0.15, -0.1) is 11.8 Å². The molecule has 0 fully saturated rings. The first-order valence-corrected chi connectivity index (χ1v) is 7.08. The normalized spacial score (nSPS) is 10.4. The Balaban J connectivity index is 1.84. The quantitative estimate of drug-likeness (QED) is 0.766. The molecule has 0 saturated carbocycles. The molecule has 0 atom stereocenters. The summed E-state index contributed by atoms with van der Waals surface area (Å²) >= 11 is 2.97. The second kappa shape index (κ2) is 5.98. The van der Waals surface area contributed by atoms with Gasteiger partial charge in [0.1, 0.15) is 11.6 Å². The molecule has 0 aliphatic carbocycles. The molecule has 2 aromatic rings. The number of hydrogen-bond donors (Lipinski definition) is 0. The van der Waals surface area contributed by atoms with Crippen LogP contribution in [0.25, 0.3) is 0 Å². The molecule has 88 valence electrons. The molecule has 0 bridgehead atoms. The van der Waals surface area contributed by atoms with Crippen LogP contribution in [-0.2, 0) is 11.2 Å². The van der Waals surface area contributed by atoms with Crippen molar-refractivity contribution in [2.75, 3.05) is 5.75 Å². The molecule has 1 heterocycles. The number of carbonyl (C=O) groups is 1. The molecule has 0 amide bonds. The zero-order valence-corrected chi connectivity index (χ0v) is 10.7. The van der Waals surface area contributed by atoms with Gasteiger partial charge in [0.25, 0.3) is 0 Å². The van der Waals surface area contributed by atoms with Crippen LogP contribution < -0.4 is 0 Å². The first kappa shape index (κ1) is 12.3. The molecular weight excluding hydrogens is 255 g/mol. The molecule has 1 aromatic heterocycles. The molecule has 4 heteroatoms. The maximum atomic E-state index is 12.9. The van der Waals surface area contributed by atoms with Crippen LogP contribution in [0.3, 0.4) is 0 Å². The highest BCUT2D eigenvalue weighted by Gasteiger charge is 2.05. The van der Waals surface area contributed by atoms with E-state index in [0.717, 1.165) is 10.5 Å². The Morgan fingerprint density at radius 3 is 2.94 bits per heavy atom. The number of carbonyl (C=O) groups excluding carboxylic acids is 1. The van der Waals surface area contributed by atoms with Gasteiger partial charge in [-0.05, 0) is 40.6 Å². The molecule has 1 nitrogen and oxygen atoms in total. The lowest BCUT2D eigenvalue weighted by molar-refractivity contribution is -0.115. The molecule has 0 unspecified atom stereocenters. The Morgan fingerprint density at radius 2 is 2.24 bits per heavy atom. The zero-order valence-electron chi connectivity index (χ0n) is 9.06. The molecule has 0 saturated heterocycles. The Bertz CT molecular complexity index is 494. The van der Waals surface area contributed by atoms with E-state index < -0.39 is 0 Å². The maximum Gasteiger partial charge on any atom is 0.147 e. The highest BCUT2D eigenvalue weighted by atomic mass is 32.2. The fourth-order valence-corrected chi connectivity index (χ4v) is 2.86. The Kier molecular flexibility index (Phi) is 4.34. The van der Waals surface area contributed by atoms with Crippen LogP contribution in [0.4, 0.5) is 4.39 Å². The van der Waals surface area contributed by atoms with E-state index in [0.29, 0.717) is 12.2 Å². The van der Waals surface area contributed by atoms with E-state index >= 15 is 0 Å². The number of hydrogen-bond acceptors (Lipinski definition) is 3. The fraction of sp³-hybridized carbons (Fsp3) is 0.154. The van der Waals surface area contributed by atoms with Gasteiger partial charge in [-0.25, -0.2) is 4.39 Å². The van der Waals surface area contributed by atoms with Crippen molar-refractivity contribution in [1.82, 2.24) is 0 Å². The van der Waals surface area contributed by atoms with Gasteiger partial charge in [-0.2, -0.15) is 11.3 Å². The predicted molar refractivity (Wildman–Crippen MR) is 70.2 cm³/mol. The van der Waals surface area contributed by atoms with E-state index in [9.17, 15) is 9.18 Å². The predicted octanol–water partition coefficient (Wildman–Crippen LogP) is 3.79. The lowest BCUT2D eigenvalue weighted by Crippen LogP contribution is -2.04. The lowest BCUT2D eigenvalue weighted by Gasteiger charge is -2.00. The summed E-state index contributed by atoms with van der Waals surface area (Å²) in [6.07, 6.45) is 0.464. The summed E-state index contributed by atoms with van der Waals surface area (Å²) in [4.78, 5) is 12.5. The van der Waals surface area contributed by atoms with Crippen molar-refractivity contribution in [3.8, 4) is 0 Å². The van der Waals surface area contributed by atoms with Crippen LogP contribution in [0.1, 0.15) is 5.56 Å². The average molecular weight is 266 g/mol. The number of ketones is 1. The molecule has 0 spiro atoms. The van der Waals surface area contributed by atoms with Gasteiger partial charge in [0.2, 0.25) is 0 Å². The largest absolute Gasteiger partial charge is 0.298 e. The number of Topliss-reactive ketones (excluding diaryl/α,β-unsaturated/α-hetero) is 1. The second-order valence-electron chi connectivity index (χ2n) is 3.59. The van der Waals surface area contributed by atoms with Gasteiger partial charge in [-0.1, -0.05) is 6.07 Å². The van der Waals surface area contributed by atoms with Gasteiger partial charge < -0.3 is 0 Å². The van der Waals surface area contributed by atoms with Crippen LogP contribution in [0.5, 0.6) is 0 Å². The summed E-state index contributed by atoms with van der Waals surface area (Å²) in [6, 6.07) is 8.27. The Morgan fingerprint density at radius 1 is 1.35 bits per heavy atom. The van der Waals surface area contributed by atoms with Gasteiger partial charge in [0.15, 0.2) is 0 Å². The number of thiophene rings is 1. The van der Waals surface area contributed by atoms with E-state index in [2.05, 4.69) is 0 Å². The minimum Gasteiger partial charge on any atom is -0.298 e. The Labute approximate surface area is 108 Å². The first-order valence-electron chi connectivity index (χ1n) is 5.15. The van der Waals surface area contributed by atoms with Crippen molar-refractivity contribution in [2.24, 2.45) is 0 Å².